The molecule has 0 atom stereocenters. The Balaban J connectivity index is 1.96. The van der Waals surface area contributed by atoms with Gasteiger partial charge < -0.3 is 4.84 Å². The molecule has 0 unspecified atom stereocenters. The summed E-state index contributed by atoms with van der Waals surface area (Å²) in [7, 11) is 0. The second-order valence-electron chi connectivity index (χ2n) is 5.11. The second kappa shape index (κ2) is 6.28. The smallest absolute Gasteiger partial charge is 0.335 e. The number of carbonyl (C=O) groups is 1. The monoisotopic (exact) mass is 345 g/mol. The van der Waals surface area contributed by atoms with Crippen molar-refractivity contribution in [1.82, 2.24) is 0 Å². The number of halogens is 3. The summed E-state index contributed by atoms with van der Waals surface area (Å²) in [4.78, 5) is 21.3. The van der Waals surface area contributed by atoms with Gasteiger partial charge in [0.2, 0.25) is 0 Å². The zero-order valence-electron chi connectivity index (χ0n) is 12.6. The van der Waals surface area contributed by atoms with Crippen LogP contribution in [0, 0.1) is 11.3 Å². The van der Waals surface area contributed by atoms with Crippen LogP contribution in [0.5, 0.6) is 0 Å². The van der Waals surface area contributed by atoms with Crippen LogP contribution in [-0.2, 0) is 11.0 Å². The van der Waals surface area contributed by atoms with E-state index in [1.54, 1.807) is 30.3 Å². The minimum Gasteiger partial charge on any atom is -0.335 e. The average molecular weight is 345 g/mol. The second-order valence-corrected chi connectivity index (χ2v) is 5.11. The Morgan fingerprint density at radius 2 is 1.96 bits per heavy atom. The van der Waals surface area contributed by atoms with Crippen molar-refractivity contribution in [1.29, 1.82) is 5.26 Å². The van der Waals surface area contributed by atoms with Gasteiger partial charge in [0.1, 0.15) is 5.69 Å². The van der Waals surface area contributed by atoms with Gasteiger partial charge in [-0.25, -0.2) is 4.79 Å². The molecular weight excluding hydrogens is 335 g/mol. The van der Waals surface area contributed by atoms with Crippen molar-refractivity contribution in [3.63, 3.8) is 0 Å². The third-order valence-corrected chi connectivity index (χ3v) is 3.49. The predicted octanol–water partition coefficient (Wildman–Crippen LogP) is 3.87. The number of benzene rings is 2. The van der Waals surface area contributed by atoms with Crippen molar-refractivity contribution in [2.75, 3.05) is 11.6 Å². The maximum Gasteiger partial charge on any atom is 0.417 e. The summed E-state index contributed by atoms with van der Waals surface area (Å²) in [5, 5.41) is 10.1. The number of hydroxylamine groups is 1. The molecule has 8 heteroatoms. The van der Waals surface area contributed by atoms with Crippen molar-refractivity contribution >= 4 is 23.6 Å². The molecule has 0 radical (unpaired) electrons. The number of nitrogens with zero attached hydrogens (tertiary/aromatic N) is 3. The highest BCUT2D eigenvalue weighted by Crippen LogP contribution is 2.40. The lowest BCUT2D eigenvalue weighted by Crippen LogP contribution is -2.31. The van der Waals surface area contributed by atoms with E-state index < -0.39 is 23.3 Å². The Bertz CT molecular complexity index is 886. The molecule has 0 saturated heterocycles. The van der Waals surface area contributed by atoms with Crippen molar-refractivity contribution < 1.29 is 22.8 Å². The molecule has 2 aromatic rings. The van der Waals surface area contributed by atoms with E-state index in [9.17, 15) is 18.0 Å². The lowest BCUT2D eigenvalue weighted by Gasteiger charge is -2.26. The van der Waals surface area contributed by atoms with Gasteiger partial charge in [-0.3, -0.25) is 4.99 Å². The van der Waals surface area contributed by atoms with Gasteiger partial charge in [0.15, 0.2) is 0 Å². The van der Waals surface area contributed by atoms with Crippen molar-refractivity contribution in [3.05, 3.63) is 59.2 Å². The van der Waals surface area contributed by atoms with E-state index in [-0.39, 0.29) is 17.9 Å². The summed E-state index contributed by atoms with van der Waals surface area (Å²) in [6, 6.07) is 11.5. The van der Waals surface area contributed by atoms with Crippen LogP contribution < -0.4 is 5.06 Å². The number of carbonyl (C=O) groups excluding carboxylic acids is 1. The summed E-state index contributed by atoms with van der Waals surface area (Å²) in [5.41, 5.74) is -1.26. The maximum atomic E-state index is 13.0. The van der Waals surface area contributed by atoms with Gasteiger partial charge in [0, 0.05) is 6.21 Å². The molecule has 0 spiro atoms. The number of nitriles is 1. The molecule has 5 nitrogen and oxygen atoms in total. The topological polar surface area (TPSA) is 65.7 Å². The number of rotatable bonds is 2. The first-order chi connectivity index (χ1) is 11.9. The fraction of sp³-hybridized carbons (Fsp3) is 0.118. The molecule has 1 aliphatic rings. The van der Waals surface area contributed by atoms with Gasteiger partial charge in [-0.05, 0) is 24.3 Å². The number of hydrogen-bond donors (Lipinski definition) is 0. The fourth-order valence-corrected chi connectivity index (χ4v) is 2.33. The van der Waals surface area contributed by atoms with Crippen LogP contribution in [0.3, 0.4) is 0 Å². The average Bonchev–Trinajstić information content (AvgIpc) is 2.61. The molecule has 1 aliphatic heterocycles. The Kier molecular flexibility index (Phi) is 4.15. The quantitative estimate of drug-likeness (QED) is 0.829. The summed E-state index contributed by atoms with van der Waals surface area (Å²) < 4.78 is 39.1. The molecule has 1 heterocycles. The van der Waals surface area contributed by atoms with Gasteiger partial charge in [0.25, 0.3) is 0 Å². The highest BCUT2D eigenvalue weighted by molar-refractivity contribution is 5.91. The van der Waals surface area contributed by atoms with Crippen LogP contribution in [0.15, 0.2) is 47.5 Å². The van der Waals surface area contributed by atoms with E-state index in [4.69, 9.17) is 10.1 Å². The van der Waals surface area contributed by atoms with E-state index in [0.717, 1.165) is 17.2 Å². The minimum atomic E-state index is -4.68. The molecule has 0 bridgehead atoms. The molecule has 0 N–H and O–H groups in total. The van der Waals surface area contributed by atoms with Gasteiger partial charge in [-0.1, -0.05) is 18.2 Å². The molecule has 25 heavy (non-hydrogen) atoms. The first kappa shape index (κ1) is 16.5. The van der Waals surface area contributed by atoms with Gasteiger partial charge >= 0.3 is 12.1 Å². The van der Waals surface area contributed by atoms with E-state index in [2.05, 4.69) is 4.99 Å². The van der Waals surface area contributed by atoms with Crippen LogP contribution >= 0.6 is 0 Å². The Morgan fingerprint density at radius 1 is 1.24 bits per heavy atom. The standard InChI is InChI=1S/C17H10F3N3O2/c18-17(19,20)13-9-14-15(8-12(13)10-21)23(7-6-22-14)25-16(24)11-4-2-1-3-5-11/h1-6,8-9H,7H2. The lowest BCUT2D eigenvalue weighted by molar-refractivity contribution is -0.137. The van der Waals surface area contributed by atoms with Crippen LogP contribution in [0.1, 0.15) is 21.5 Å². The first-order valence-corrected chi connectivity index (χ1v) is 7.13. The highest BCUT2D eigenvalue weighted by Gasteiger charge is 2.35. The van der Waals surface area contributed by atoms with Crippen LogP contribution in [-0.4, -0.2) is 18.7 Å². The molecule has 2 aromatic carbocycles. The summed E-state index contributed by atoms with van der Waals surface area (Å²) in [6.45, 7) is 0.0573. The van der Waals surface area contributed by atoms with Crippen LogP contribution in [0.2, 0.25) is 0 Å². The van der Waals surface area contributed by atoms with E-state index in [1.165, 1.54) is 12.3 Å². The molecule has 0 amide bonds. The Labute approximate surface area is 140 Å². The number of hydrogen-bond acceptors (Lipinski definition) is 5. The van der Waals surface area contributed by atoms with Gasteiger partial charge in [-0.2, -0.15) is 23.5 Å². The molecular formula is C17H10F3N3O2. The largest absolute Gasteiger partial charge is 0.417 e. The highest BCUT2D eigenvalue weighted by atomic mass is 19.4. The SMILES string of the molecule is N#Cc1cc2c(cc1C(F)(F)F)N=CCN2OC(=O)c1ccccc1. The van der Waals surface area contributed by atoms with Crippen molar-refractivity contribution in [3.8, 4) is 6.07 Å². The fourth-order valence-electron chi connectivity index (χ4n) is 2.33. The molecule has 0 aliphatic carbocycles. The van der Waals surface area contributed by atoms with Crippen LogP contribution in [0.25, 0.3) is 0 Å². The summed E-state index contributed by atoms with van der Waals surface area (Å²) in [6.07, 6.45) is -3.36. The molecule has 3 rings (SSSR count). The summed E-state index contributed by atoms with van der Waals surface area (Å²) in [5.74, 6) is -0.666. The third kappa shape index (κ3) is 3.30. The molecule has 126 valence electrons. The lowest BCUT2D eigenvalue weighted by atomic mass is 10.0. The van der Waals surface area contributed by atoms with E-state index in [0.29, 0.717) is 5.56 Å². The van der Waals surface area contributed by atoms with Gasteiger partial charge in [-0.15, -0.1) is 0 Å². The minimum absolute atomic E-state index is 0.0292. The normalized spacial score (nSPS) is 13.1. The zero-order valence-corrected chi connectivity index (χ0v) is 12.6. The van der Waals surface area contributed by atoms with Crippen molar-refractivity contribution in [2.24, 2.45) is 4.99 Å². The maximum absolute atomic E-state index is 13.0. The molecule has 0 fully saturated rings. The van der Waals surface area contributed by atoms with E-state index in [1.807, 2.05) is 0 Å². The molecule has 0 saturated carbocycles. The number of aliphatic imine (C=N–C) groups is 1. The number of fused-ring (bicyclic) bond motifs is 1. The number of alkyl halides is 3. The first-order valence-electron chi connectivity index (χ1n) is 7.13. The number of anilines is 1. The van der Waals surface area contributed by atoms with Crippen molar-refractivity contribution in [2.45, 2.75) is 6.18 Å². The molecule has 0 aromatic heterocycles. The third-order valence-electron chi connectivity index (χ3n) is 3.49. The zero-order chi connectivity index (χ0) is 18.0. The van der Waals surface area contributed by atoms with Gasteiger partial charge in [0.05, 0.1) is 35.0 Å². The predicted molar refractivity (Wildman–Crippen MR) is 83.5 cm³/mol. The Morgan fingerprint density at radius 3 is 2.60 bits per heavy atom. The van der Waals surface area contributed by atoms with E-state index >= 15 is 0 Å². The summed E-state index contributed by atoms with van der Waals surface area (Å²) >= 11 is 0. The Hall–Kier alpha value is -3.34. The van der Waals surface area contributed by atoms with Crippen LogP contribution in [0.4, 0.5) is 24.5 Å².